The third kappa shape index (κ3) is 6.08. The number of carbonyl (C=O) groups is 1. The van der Waals surface area contributed by atoms with Crippen LogP contribution in [0.15, 0.2) is 59.6 Å². The highest BCUT2D eigenvalue weighted by molar-refractivity contribution is 5.94. The second kappa shape index (κ2) is 9.29. The van der Waals surface area contributed by atoms with Crippen LogP contribution < -0.4 is 16.0 Å². The molecule has 6 heteroatoms. The first-order chi connectivity index (χ1) is 11.7. The van der Waals surface area contributed by atoms with Gasteiger partial charge in [0.2, 0.25) is 5.91 Å². The highest BCUT2D eigenvalue weighted by Crippen LogP contribution is 2.04. The van der Waals surface area contributed by atoms with Crippen LogP contribution in [-0.2, 0) is 11.2 Å². The van der Waals surface area contributed by atoms with Gasteiger partial charge < -0.3 is 16.0 Å². The van der Waals surface area contributed by atoms with E-state index < -0.39 is 0 Å². The molecule has 1 amide bonds. The zero-order chi connectivity index (χ0) is 17.2. The molecular weight excluding hydrogens is 307 g/mol. The van der Waals surface area contributed by atoms with Crippen molar-refractivity contribution in [3.05, 3.63) is 66.0 Å². The van der Waals surface area contributed by atoms with Crippen LogP contribution in [0.1, 0.15) is 5.56 Å². The molecule has 0 spiro atoms. The van der Waals surface area contributed by atoms with Crippen molar-refractivity contribution in [2.24, 2.45) is 4.99 Å². The second-order valence-electron chi connectivity index (χ2n) is 5.14. The topological polar surface area (TPSA) is 65.5 Å². The molecule has 0 unspecified atom stereocenters. The zero-order valence-electron chi connectivity index (χ0n) is 13.6. The quantitative estimate of drug-likeness (QED) is 0.562. The van der Waals surface area contributed by atoms with Crippen LogP contribution in [-0.4, -0.2) is 32.0 Å². The lowest BCUT2D eigenvalue weighted by molar-refractivity contribution is -0.115. The maximum absolute atomic E-state index is 12.8. The molecule has 0 heterocycles. The molecule has 0 aliphatic rings. The molecule has 2 aromatic rings. The number of guanidine groups is 1. The van der Waals surface area contributed by atoms with E-state index in [4.69, 9.17) is 0 Å². The smallest absolute Gasteiger partial charge is 0.243 e. The van der Waals surface area contributed by atoms with Gasteiger partial charge in [0.05, 0.1) is 6.54 Å². The van der Waals surface area contributed by atoms with E-state index in [0.29, 0.717) is 12.5 Å². The summed E-state index contributed by atoms with van der Waals surface area (Å²) < 4.78 is 12.8. The van der Waals surface area contributed by atoms with Crippen LogP contribution in [0.5, 0.6) is 0 Å². The van der Waals surface area contributed by atoms with Crippen LogP contribution in [0.3, 0.4) is 0 Å². The molecule has 0 saturated heterocycles. The lowest BCUT2D eigenvalue weighted by Gasteiger charge is -2.12. The standard InChI is InChI=1S/C18H21FN4O/c1-20-18(21-12-11-14-7-9-15(19)10-8-14)22-13-17(24)23-16-5-3-2-4-6-16/h2-10H,11-13H2,1H3,(H,23,24)(H2,20,21,22). The largest absolute Gasteiger partial charge is 0.356 e. The van der Waals surface area contributed by atoms with Gasteiger partial charge in [-0.3, -0.25) is 9.79 Å². The molecule has 5 nitrogen and oxygen atoms in total. The lowest BCUT2D eigenvalue weighted by atomic mass is 10.1. The predicted molar refractivity (Wildman–Crippen MR) is 94.5 cm³/mol. The van der Waals surface area contributed by atoms with Gasteiger partial charge in [0.15, 0.2) is 5.96 Å². The second-order valence-corrected chi connectivity index (χ2v) is 5.14. The maximum atomic E-state index is 12.8. The summed E-state index contributed by atoms with van der Waals surface area (Å²) in [6, 6.07) is 15.6. The number of rotatable bonds is 6. The summed E-state index contributed by atoms with van der Waals surface area (Å²) in [6.45, 7) is 0.747. The highest BCUT2D eigenvalue weighted by atomic mass is 19.1. The van der Waals surface area contributed by atoms with Gasteiger partial charge in [-0.1, -0.05) is 30.3 Å². The summed E-state index contributed by atoms with van der Waals surface area (Å²) in [4.78, 5) is 15.9. The van der Waals surface area contributed by atoms with E-state index in [1.165, 1.54) is 12.1 Å². The minimum atomic E-state index is -0.242. The summed E-state index contributed by atoms with van der Waals surface area (Å²) in [5, 5.41) is 8.86. The molecule has 0 atom stereocenters. The molecule has 2 aromatic carbocycles. The SMILES string of the molecule is CN=C(NCCc1ccc(F)cc1)NCC(=O)Nc1ccccc1. The van der Waals surface area contributed by atoms with E-state index in [0.717, 1.165) is 17.7 Å². The summed E-state index contributed by atoms with van der Waals surface area (Å²) >= 11 is 0. The molecule has 0 radical (unpaired) electrons. The molecular formula is C18H21FN4O. The third-order valence-corrected chi connectivity index (χ3v) is 3.32. The van der Waals surface area contributed by atoms with Gasteiger partial charge in [-0.25, -0.2) is 4.39 Å². The summed E-state index contributed by atoms with van der Waals surface area (Å²) in [6.07, 6.45) is 0.733. The number of benzene rings is 2. The number of hydrogen-bond acceptors (Lipinski definition) is 2. The Hall–Kier alpha value is -2.89. The number of amides is 1. The Balaban J connectivity index is 1.70. The molecule has 0 fully saturated rings. The molecule has 24 heavy (non-hydrogen) atoms. The van der Waals surface area contributed by atoms with Gasteiger partial charge in [0.25, 0.3) is 0 Å². The molecule has 3 N–H and O–H groups in total. The Labute approximate surface area is 141 Å². The number of nitrogens with one attached hydrogen (secondary N) is 3. The average molecular weight is 328 g/mol. The highest BCUT2D eigenvalue weighted by Gasteiger charge is 2.04. The van der Waals surface area contributed by atoms with E-state index in [-0.39, 0.29) is 18.3 Å². The number of para-hydroxylation sites is 1. The van der Waals surface area contributed by atoms with Crippen molar-refractivity contribution in [2.45, 2.75) is 6.42 Å². The van der Waals surface area contributed by atoms with Crippen molar-refractivity contribution < 1.29 is 9.18 Å². The van der Waals surface area contributed by atoms with Gasteiger partial charge in [-0.05, 0) is 36.2 Å². The van der Waals surface area contributed by atoms with Gasteiger partial charge in [-0.15, -0.1) is 0 Å². The molecule has 0 saturated carbocycles. The fourth-order valence-electron chi connectivity index (χ4n) is 2.09. The van der Waals surface area contributed by atoms with Crippen molar-refractivity contribution in [2.75, 3.05) is 25.5 Å². The van der Waals surface area contributed by atoms with E-state index in [1.807, 2.05) is 30.3 Å². The number of carbonyl (C=O) groups excluding carboxylic acids is 1. The van der Waals surface area contributed by atoms with E-state index in [1.54, 1.807) is 19.2 Å². The molecule has 0 bridgehead atoms. The van der Waals surface area contributed by atoms with Crippen LogP contribution >= 0.6 is 0 Å². The maximum Gasteiger partial charge on any atom is 0.243 e. The van der Waals surface area contributed by atoms with E-state index in [2.05, 4.69) is 20.9 Å². The lowest BCUT2D eigenvalue weighted by Crippen LogP contribution is -2.42. The van der Waals surface area contributed by atoms with E-state index in [9.17, 15) is 9.18 Å². The number of hydrogen-bond donors (Lipinski definition) is 3. The van der Waals surface area contributed by atoms with Crippen LogP contribution in [0, 0.1) is 5.82 Å². The molecule has 126 valence electrons. The monoisotopic (exact) mass is 328 g/mol. The van der Waals surface area contributed by atoms with E-state index >= 15 is 0 Å². The number of nitrogens with zero attached hydrogens (tertiary/aromatic N) is 1. The van der Waals surface area contributed by atoms with Crippen LogP contribution in [0.2, 0.25) is 0 Å². The van der Waals surface area contributed by atoms with Crippen LogP contribution in [0.25, 0.3) is 0 Å². The Morgan fingerprint density at radius 1 is 1.04 bits per heavy atom. The number of aliphatic imine (C=N–C) groups is 1. The first-order valence-corrected chi connectivity index (χ1v) is 7.71. The van der Waals surface area contributed by atoms with Gasteiger partial charge >= 0.3 is 0 Å². The molecule has 0 aliphatic carbocycles. The Morgan fingerprint density at radius 3 is 2.42 bits per heavy atom. The molecule has 2 rings (SSSR count). The number of halogens is 1. The summed E-state index contributed by atoms with van der Waals surface area (Å²) in [5.74, 6) is 0.150. The average Bonchev–Trinajstić information content (AvgIpc) is 2.60. The zero-order valence-corrected chi connectivity index (χ0v) is 13.6. The molecule has 0 aliphatic heterocycles. The Morgan fingerprint density at radius 2 is 1.75 bits per heavy atom. The molecule has 0 aromatic heterocycles. The minimum Gasteiger partial charge on any atom is -0.356 e. The number of anilines is 1. The van der Waals surface area contributed by atoms with Crippen molar-refractivity contribution >= 4 is 17.6 Å². The fraction of sp³-hybridized carbons (Fsp3) is 0.222. The fourth-order valence-corrected chi connectivity index (χ4v) is 2.09. The van der Waals surface area contributed by atoms with Crippen LogP contribution in [0.4, 0.5) is 10.1 Å². The predicted octanol–water partition coefficient (Wildman–Crippen LogP) is 2.17. The summed E-state index contributed by atoms with van der Waals surface area (Å²) in [5.41, 5.74) is 1.78. The normalized spacial score (nSPS) is 11.0. The van der Waals surface area contributed by atoms with Gasteiger partial charge in [0.1, 0.15) is 5.82 Å². The Bertz CT molecular complexity index is 671. The van der Waals surface area contributed by atoms with Crippen molar-refractivity contribution in [3.8, 4) is 0 Å². The summed E-state index contributed by atoms with van der Waals surface area (Å²) in [7, 11) is 1.64. The first-order valence-electron chi connectivity index (χ1n) is 7.71. The van der Waals surface area contributed by atoms with Crippen molar-refractivity contribution in [3.63, 3.8) is 0 Å². The van der Waals surface area contributed by atoms with Crippen molar-refractivity contribution in [1.29, 1.82) is 0 Å². The minimum absolute atomic E-state index is 0.116. The third-order valence-electron chi connectivity index (χ3n) is 3.32. The van der Waals surface area contributed by atoms with Crippen molar-refractivity contribution in [1.82, 2.24) is 10.6 Å². The first kappa shape index (κ1) is 17.5. The Kier molecular flexibility index (Phi) is 6.76. The van der Waals surface area contributed by atoms with Gasteiger partial charge in [0, 0.05) is 19.3 Å². The van der Waals surface area contributed by atoms with Gasteiger partial charge in [-0.2, -0.15) is 0 Å².